The molecular weight excluding hydrogens is 883 g/mol. The first-order valence-electron chi connectivity index (χ1n) is 22.9. The Balaban J connectivity index is 5.37. The van der Waals surface area contributed by atoms with Gasteiger partial charge in [0.1, 0.15) is 22.3 Å². The molecule has 22 heteroatoms. The molecule has 6 N–H and O–H groups in total. The summed E-state index contributed by atoms with van der Waals surface area (Å²) < 4.78 is 55.2. The number of carbonyl (C=O) groups excluding carboxylic acids is 7. The van der Waals surface area contributed by atoms with Crippen molar-refractivity contribution in [2.24, 2.45) is 5.73 Å². The van der Waals surface area contributed by atoms with Crippen molar-refractivity contribution in [1.29, 1.82) is 0 Å². The Morgan fingerprint density at radius 3 is 0.925 bits per heavy atom. The van der Waals surface area contributed by atoms with Crippen LogP contribution in [0.4, 0.5) is 0 Å². The Morgan fingerprint density at radius 1 is 0.358 bits per heavy atom. The number of esters is 3. The van der Waals surface area contributed by atoms with Crippen molar-refractivity contribution in [3.8, 4) is 0 Å². The van der Waals surface area contributed by atoms with Crippen molar-refractivity contribution in [2.45, 2.75) is 130 Å². The fourth-order valence-corrected chi connectivity index (χ4v) is 5.24. The molecule has 0 saturated heterocycles. The highest BCUT2D eigenvalue weighted by atomic mass is 16.6. The molecule has 0 aliphatic rings. The lowest BCUT2D eigenvalue weighted by Crippen LogP contribution is -2.59. The van der Waals surface area contributed by atoms with E-state index in [4.69, 9.17) is 53.1 Å². The van der Waals surface area contributed by atoms with Crippen LogP contribution in [0, 0.1) is 0 Å². The smallest absolute Gasteiger partial charge is 0.308 e. The van der Waals surface area contributed by atoms with Gasteiger partial charge in [0.15, 0.2) is 0 Å². The Labute approximate surface area is 397 Å². The third kappa shape index (κ3) is 41.9. The molecule has 0 aromatic heterocycles. The Bertz CT molecular complexity index is 1280. The summed E-state index contributed by atoms with van der Waals surface area (Å²) in [6.45, 7) is 17.5. The van der Waals surface area contributed by atoms with Gasteiger partial charge < -0.3 is 74.4 Å². The average Bonchev–Trinajstić information content (AvgIpc) is 3.20. The maximum Gasteiger partial charge on any atom is 0.308 e. The molecule has 0 spiro atoms. The average molecular weight is 966 g/mol. The van der Waals surface area contributed by atoms with E-state index in [0.29, 0.717) is 0 Å². The van der Waals surface area contributed by atoms with Crippen LogP contribution in [0.1, 0.15) is 107 Å². The lowest BCUT2D eigenvalue weighted by molar-refractivity contribution is -0.157. The third-order valence-corrected chi connectivity index (χ3v) is 8.01. The van der Waals surface area contributed by atoms with Crippen molar-refractivity contribution in [3.63, 3.8) is 0 Å². The molecule has 0 atom stereocenters. The highest BCUT2D eigenvalue weighted by Crippen LogP contribution is 2.13. The molecular formula is C45H83N5O17. The van der Waals surface area contributed by atoms with E-state index >= 15 is 0 Å². The molecule has 4 amide bonds. The topological polar surface area (TPSA) is 286 Å². The van der Waals surface area contributed by atoms with Crippen LogP contribution >= 0.6 is 0 Å². The van der Waals surface area contributed by atoms with E-state index in [1.807, 2.05) is 0 Å². The summed E-state index contributed by atoms with van der Waals surface area (Å²) >= 11 is 0. The number of nitrogens with one attached hydrogen (secondary N) is 4. The molecule has 390 valence electrons. The van der Waals surface area contributed by atoms with E-state index in [2.05, 4.69) is 21.3 Å². The Hall–Kier alpha value is -4.03. The van der Waals surface area contributed by atoms with Gasteiger partial charge in [0.2, 0.25) is 23.6 Å². The lowest BCUT2D eigenvalue weighted by Gasteiger charge is -2.34. The van der Waals surface area contributed by atoms with Crippen LogP contribution in [0.15, 0.2) is 0 Å². The van der Waals surface area contributed by atoms with Gasteiger partial charge in [0.05, 0.1) is 112 Å². The number of hydrogen-bond donors (Lipinski definition) is 5. The number of carbonyl (C=O) groups is 7. The van der Waals surface area contributed by atoms with E-state index in [1.165, 1.54) is 0 Å². The fraction of sp³-hybridized carbons (Fsp3) is 0.844. The molecule has 0 saturated carbocycles. The predicted molar refractivity (Wildman–Crippen MR) is 245 cm³/mol. The van der Waals surface area contributed by atoms with Gasteiger partial charge in [-0.3, -0.25) is 33.6 Å². The van der Waals surface area contributed by atoms with Gasteiger partial charge in [-0.05, 0) is 62.3 Å². The highest BCUT2D eigenvalue weighted by Gasteiger charge is 2.34. The van der Waals surface area contributed by atoms with E-state index < -0.39 is 28.2 Å². The fourth-order valence-electron chi connectivity index (χ4n) is 5.24. The Kier molecular flexibility index (Phi) is 33.9. The highest BCUT2D eigenvalue weighted by molar-refractivity contribution is 5.78. The first-order chi connectivity index (χ1) is 31.4. The van der Waals surface area contributed by atoms with E-state index in [9.17, 15) is 33.6 Å². The van der Waals surface area contributed by atoms with Gasteiger partial charge >= 0.3 is 17.9 Å². The minimum atomic E-state index is -1.33. The number of hydrogen-bond acceptors (Lipinski definition) is 18. The van der Waals surface area contributed by atoms with Gasteiger partial charge in [-0.2, -0.15) is 0 Å². The molecule has 0 unspecified atom stereocenters. The minimum absolute atomic E-state index is 0.0332. The molecule has 0 aliphatic carbocycles. The van der Waals surface area contributed by atoms with Crippen LogP contribution in [0.3, 0.4) is 0 Å². The van der Waals surface area contributed by atoms with Crippen molar-refractivity contribution in [3.05, 3.63) is 0 Å². The summed E-state index contributed by atoms with van der Waals surface area (Å²) in [5.41, 5.74) is 2.40. The molecule has 0 aliphatic heterocycles. The number of amides is 4. The second kappa shape index (κ2) is 36.0. The Morgan fingerprint density at radius 2 is 0.627 bits per heavy atom. The summed E-state index contributed by atoms with van der Waals surface area (Å²) in [5.74, 6) is -2.55. The van der Waals surface area contributed by atoms with Gasteiger partial charge in [-0.25, -0.2) is 0 Å². The maximum atomic E-state index is 13.2. The summed E-state index contributed by atoms with van der Waals surface area (Å²) in [7, 11) is 0. The van der Waals surface area contributed by atoms with Crippen LogP contribution in [0.2, 0.25) is 0 Å². The van der Waals surface area contributed by atoms with Gasteiger partial charge in [-0.15, -0.1) is 0 Å². The normalized spacial score (nSPS) is 12.0. The van der Waals surface area contributed by atoms with Crippen LogP contribution in [0.25, 0.3) is 0 Å². The molecule has 0 bridgehead atoms. The molecule has 0 fully saturated rings. The SMILES string of the molecule is CC(C)(C)OC(=O)CCOCCNC(=O)CCOCC(COCCC(=O)NCCOCCC(=O)OC(C)(C)C)(COCCC(=O)NCCOCCC(=O)OC(C)(C)C)NC(=O)CCOCCN. The van der Waals surface area contributed by atoms with Crippen molar-refractivity contribution in [1.82, 2.24) is 21.3 Å². The molecule has 0 radical (unpaired) electrons. The monoisotopic (exact) mass is 966 g/mol. The molecule has 0 aromatic rings. The number of nitrogens with two attached hydrogens (primary N) is 1. The summed E-state index contributed by atoms with van der Waals surface area (Å²) in [4.78, 5) is 86.5. The zero-order chi connectivity index (χ0) is 50.6. The first kappa shape index (κ1) is 63.0. The van der Waals surface area contributed by atoms with E-state index in [0.717, 1.165) is 0 Å². The molecule has 67 heavy (non-hydrogen) atoms. The summed E-state index contributed by atoms with van der Waals surface area (Å²) in [5, 5.41) is 11.1. The third-order valence-electron chi connectivity index (χ3n) is 8.01. The molecule has 22 nitrogen and oxygen atoms in total. The van der Waals surface area contributed by atoms with E-state index in [1.54, 1.807) is 62.3 Å². The molecule has 0 heterocycles. The summed E-state index contributed by atoms with van der Waals surface area (Å²) in [6.07, 6.45) is 0.100. The van der Waals surface area contributed by atoms with Crippen molar-refractivity contribution in [2.75, 3.05) is 119 Å². The zero-order valence-electron chi connectivity index (χ0n) is 41.7. The van der Waals surface area contributed by atoms with Gasteiger partial charge in [0.25, 0.3) is 0 Å². The minimum Gasteiger partial charge on any atom is -0.460 e. The van der Waals surface area contributed by atoms with Crippen molar-refractivity contribution < 1.29 is 80.9 Å². The molecule has 0 rings (SSSR count). The maximum absolute atomic E-state index is 13.2. The van der Waals surface area contributed by atoms with Crippen LogP contribution in [-0.2, 0) is 80.9 Å². The second-order valence-electron chi connectivity index (χ2n) is 18.3. The van der Waals surface area contributed by atoms with E-state index in [-0.39, 0.29) is 199 Å². The number of ether oxygens (including phenoxy) is 10. The number of rotatable bonds is 39. The second-order valence-corrected chi connectivity index (χ2v) is 18.3. The molecule has 0 aromatic carbocycles. The zero-order valence-corrected chi connectivity index (χ0v) is 41.7. The first-order valence-corrected chi connectivity index (χ1v) is 22.9. The largest absolute Gasteiger partial charge is 0.460 e. The quantitative estimate of drug-likeness (QED) is 0.0327. The standard InChI is InChI=1S/C45H83N5O17/c1-42(2,3)65-39(55)14-25-59-29-18-47-35(51)10-22-62-32-45(50-38(54)13-21-58-28-17-46,33-63-23-11-36(52)48-19-30-60-26-15-40(56)66-43(4,5)6)34-64-24-12-37(53)49-20-31-61-27-16-41(57)67-44(7,8)9/h10-34,46H2,1-9H3,(H,47,51)(H,48,52)(H,49,53)(H,50,54). The summed E-state index contributed by atoms with van der Waals surface area (Å²) in [6, 6.07) is 0. The van der Waals surface area contributed by atoms with Crippen LogP contribution in [0.5, 0.6) is 0 Å². The van der Waals surface area contributed by atoms with Gasteiger partial charge in [0, 0.05) is 51.9 Å². The van der Waals surface area contributed by atoms with Crippen molar-refractivity contribution >= 4 is 41.5 Å². The lowest BCUT2D eigenvalue weighted by atomic mass is 10.0. The van der Waals surface area contributed by atoms with Crippen LogP contribution in [-0.4, -0.2) is 183 Å². The van der Waals surface area contributed by atoms with Crippen LogP contribution < -0.4 is 27.0 Å². The van der Waals surface area contributed by atoms with Gasteiger partial charge in [-0.1, -0.05) is 0 Å². The predicted octanol–water partition coefficient (Wildman–Crippen LogP) is 1.02.